The fourth-order valence-corrected chi connectivity index (χ4v) is 4.73. The molecule has 1 aliphatic rings. The number of amides is 1. The van der Waals surface area contributed by atoms with Crippen LogP contribution in [0.5, 0.6) is 0 Å². The number of hydrogen-bond acceptors (Lipinski definition) is 6. The molecule has 5 rings (SSSR count). The van der Waals surface area contributed by atoms with Crippen LogP contribution in [-0.4, -0.2) is 61.7 Å². The number of anilines is 1. The van der Waals surface area contributed by atoms with Crippen molar-refractivity contribution in [3.8, 4) is 11.8 Å². The van der Waals surface area contributed by atoms with Crippen LogP contribution in [-0.2, 0) is 16.6 Å². The minimum absolute atomic E-state index is 0.159. The third-order valence-electron chi connectivity index (χ3n) is 6.33. The number of likely N-dealkylation sites (tertiary alicyclic amines) is 1. The summed E-state index contributed by atoms with van der Waals surface area (Å²) in [6, 6.07) is 2.53. The fourth-order valence-electron chi connectivity index (χ4n) is 4.73. The summed E-state index contributed by atoms with van der Waals surface area (Å²) in [5.41, 5.74) is 6.86. The van der Waals surface area contributed by atoms with Crippen molar-refractivity contribution in [2.45, 2.75) is 18.5 Å². The van der Waals surface area contributed by atoms with E-state index in [1.165, 1.54) is 17.0 Å². The van der Waals surface area contributed by atoms with Crippen LogP contribution in [0.3, 0.4) is 0 Å². The minimum Gasteiger partial charge on any atom is -0.383 e. The van der Waals surface area contributed by atoms with Gasteiger partial charge >= 0.3 is 0 Å². The lowest BCUT2D eigenvalue weighted by molar-refractivity contribution is -0.127. The van der Waals surface area contributed by atoms with E-state index in [0.29, 0.717) is 30.5 Å². The lowest BCUT2D eigenvalue weighted by Gasteiger charge is -2.22. The van der Waals surface area contributed by atoms with E-state index in [-0.39, 0.29) is 46.0 Å². The minimum atomic E-state index is -0.821. The van der Waals surface area contributed by atoms with E-state index in [0.717, 1.165) is 6.07 Å². The summed E-state index contributed by atoms with van der Waals surface area (Å²) in [6.07, 6.45) is 4.87. The average molecular weight is 492 g/mol. The monoisotopic (exact) mass is 491 g/mol. The molecular formula is C25H23F2N7O2. The first kappa shape index (κ1) is 23.4. The van der Waals surface area contributed by atoms with Crippen LogP contribution >= 0.6 is 0 Å². The van der Waals surface area contributed by atoms with Crippen LogP contribution in [0.25, 0.3) is 21.8 Å². The van der Waals surface area contributed by atoms with E-state index in [4.69, 9.17) is 10.5 Å². The van der Waals surface area contributed by atoms with Gasteiger partial charge in [-0.3, -0.25) is 14.2 Å². The Morgan fingerprint density at radius 1 is 1.36 bits per heavy atom. The first-order valence-electron chi connectivity index (χ1n) is 11.2. The van der Waals surface area contributed by atoms with E-state index in [2.05, 4.69) is 33.6 Å². The van der Waals surface area contributed by atoms with Crippen LogP contribution in [0, 0.1) is 23.5 Å². The van der Waals surface area contributed by atoms with Gasteiger partial charge in [0.1, 0.15) is 17.3 Å². The Hall–Kier alpha value is -4.30. The predicted molar refractivity (Wildman–Crippen MR) is 130 cm³/mol. The van der Waals surface area contributed by atoms with Crippen LogP contribution < -0.4 is 5.73 Å². The van der Waals surface area contributed by atoms with Gasteiger partial charge in [0.2, 0.25) is 5.91 Å². The molecule has 4 aromatic rings. The fraction of sp³-hybridized carbons (Fsp3) is 0.280. The van der Waals surface area contributed by atoms with Gasteiger partial charge < -0.3 is 15.4 Å². The number of methoxy groups -OCH3 is 1. The molecule has 0 unspecified atom stereocenters. The van der Waals surface area contributed by atoms with Crippen molar-refractivity contribution in [3.63, 3.8) is 0 Å². The zero-order valence-electron chi connectivity index (χ0n) is 19.7. The van der Waals surface area contributed by atoms with Crippen molar-refractivity contribution in [3.05, 3.63) is 60.1 Å². The Morgan fingerprint density at radius 2 is 2.17 bits per heavy atom. The lowest BCUT2D eigenvalue weighted by Crippen LogP contribution is -2.37. The number of carbonyl (C=O) groups is 1. The third-order valence-corrected chi connectivity index (χ3v) is 6.33. The number of pyridine rings is 1. The Morgan fingerprint density at radius 3 is 2.92 bits per heavy atom. The number of halogens is 2. The van der Waals surface area contributed by atoms with Crippen molar-refractivity contribution < 1.29 is 18.3 Å². The summed E-state index contributed by atoms with van der Waals surface area (Å²) < 4.78 is 38.2. The molecule has 2 N–H and O–H groups in total. The summed E-state index contributed by atoms with van der Waals surface area (Å²) in [6.45, 7) is 4.33. The smallest absolute Gasteiger partial charge is 0.246 e. The number of nitrogens with two attached hydrogens (primary N) is 1. The standard InChI is InChI=1S/C25H23F2N7O2/c1-4-22(35)33-11-14(9-15(33)13-36-3)34-21-7-8-29-25(28)23(21)19(31-34)6-5-16-18(26)10-20-17(24(16)27)12-32(2)30-20/h4,7-8,10,12,14-15H,1,9,11,13H2,2-3H3,(H2,28,29)/t14-,15+/m0/s1. The molecule has 9 nitrogen and oxygen atoms in total. The van der Waals surface area contributed by atoms with E-state index in [1.54, 1.807) is 36.0 Å². The second kappa shape index (κ2) is 9.05. The zero-order valence-corrected chi connectivity index (χ0v) is 19.7. The molecule has 0 spiro atoms. The molecule has 0 saturated carbocycles. The first-order chi connectivity index (χ1) is 17.3. The van der Waals surface area contributed by atoms with Crippen LogP contribution in [0.1, 0.15) is 23.7 Å². The third kappa shape index (κ3) is 3.85. The number of hydrogen-bond donors (Lipinski definition) is 1. The van der Waals surface area contributed by atoms with Gasteiger partial charge in [-0.15, -0.1) is 0 Å². The molecule has 1 amide bonds. The van der Waals surface area contributed by atoms with Crippen LogP contribution in [0.2, 0.25) is 0 Å². The molecule has 0 radical (unpaired) electrons. The number of fused-ring (bicyclic) bond motifs is 2. The van der Waals surface area contributed by atoms with Crippen molar-refractivity contribution in [1.29, 1.82) is 0 Å². The molecule has 1 fully saturated rings. The van der Waals surface area contributed by atoms with Gasteiger partial charge in [0.05, 0.1) is 46.1 Å². The number of carbonyl (C=O) groups excluding carboxylic acids is 1. The molecule has 0 aliphatic carbocycles. The predicted octanol–water partition coefficient (Wildman–Crippen LogP) is 2.55. The Labute approximate surface area is 205 Å². The molecule has 0 bridgehead atoms. The number of nitrogen functional groups attached to an aromatic ring is 1. The molecule has 1 aromatic carbocycles. The highest BCUT2D eigenvalue weighted by molar-refractivity contribution is 5.93. The second-order valence-electron chi connectivity index (χ2n) is 8.61. The van der Waals surface area contributed by atoms with Gasteiger partial charge in [-0.25, -0.2) is 13.8 Å². The van der Waals surface area contributed by atoms with Crippen LogP contribution in [0.15, 0.2) is 37.2 Å². The van der Waals surface area contributed by atoms with Crippen LogP contribution in [0.4, 0.5) is 14.6 Å². The molecule has 4 heterocycles. The molecule has 36 heavy (non-hydrogen) atoms. The molecule has 3 aromatic heterocycles. The highest BCUT2D eigenvalue weighted by Crippen LogP contribution is 2.33. The van der Waals surface area contributed by atoms with E-state index >= 15 is 4.39 Å². The number of benzene rings is 1. The summed E-state index contributed by atoms with van der Waals surface area (Å²) in [5, 5.41) is 9.33. The lowest BCUT2D eigenvalue weighted by atomic mass is 10.1. The number of aromatic nitrogens is 5. The molecule has 11 heteroatoms. The van der Waals surface area contributed by atoms with Crippen molar-refractivity contribution in [2.75, 3.05) is 26.0 Å². The van der Waals surface area contributed by atoms with Gasteiger partial charge in [-0.05, 0) is 24.5 Å². The second-order valence-corrected chi connectivity index (χ2v) is 8.61. The van der Waals surface area contributed by atoms with E-state index in [9.17, 15) is 9.18 Å². The number of ether oxygens (including phenoxy) is 1. The quantitative estimate of drug-likeness (QED) is 0.348. The largest absolute Gasteiger partial charge is 0.383 e. The number of rotatable bonds is 4. The van der Waals surface area contributed by atoms with Gasteiger partial charge in [0, 0.05) is 39.2 Å². The van der Waals surface area contributed by atoms with E-state index < -0.39 is 11.6 Å². The maximum absolute atomic E-state index is 15.0. The van der Waals surface area contributed by atoms with E-state index in [1.807, 2.05) is 0 Å². The Bertz CT molecular complexity index is 1580. The maximum Gasteiger partial charge on any atom is 0.246 e. The molecular weight excluding hydrogens is 468 g/mol. The van der Waals surface area contributed by atoms with Crippen molar-refractivity contribution in [2.24, 2.45) is 7.05 Å². The maximum atomic E-state index is 15.0. The average Bonchev–Trinajstić information content (AvgIpc) is 3.54. The molecule has 184 valence electrons. The number of nitrogens with zero attached hydrogens (tertiary/aromatic N) is 6. The first-order valence-corrected chi connectivity index (χ1v) is 11.2. The molecule has 1 saturated heterocycles. The highest BCUT2D eigenvalue weighted by Gasteiger charge is 2.36. The Kier molecular flexibility index (Phi) is 5.89. The summed E-state index contributed by atoms with van der Waals surface area (Å²) >= 11 is 0. The molecule has 2 atom stereocenters. The Balaban J connectivity index is 1.59. The van der Waals surface area contributed by atoms with Crippen molar-refractivity contribution in [1.82, 2.24) is 29.4 Å². The van der Waals surface area contributed by atoms with Gasteiger partial charge in [-0.1, -0.05) is 12.5 Å². The topological polar surface area (TPSA) is 104 Å². The SMILES string of the molecule is C=CC(=O)N1C[C@@H](n2nc(C#Cc3c(F)cc4nn(C)cc4c3F)c3c(N)nccc32)C[C@@H]1COC. The zero-order chi connectivity index (χ0) is 25.6. The normalized spacial score (nSPS) is 17.5. The molecule has 1 aliphatic heterocycles. The highest BCUT2D eigenvalue weighted by atomic mass is 19.1. The number of aryl methyl sites for hydroxylation is 1. The summed E-state index contributed by atoms with van der Waals surface area (Å²) in [4.78, 5) is 18.2. The van der Waals surface area contributed by atoms with Gasteiger partial charge in [-0.2, -0.15) is 10.2 Å². The summed E-state index contributed by atoms with van der Waals surface area (Å²) in [7, 11) is 3.20. The summed E-state index contributed by atoms with van der Waals surface area (Å²) in [5.74, 6) is 3.76. The van der Waals surface area contributed by atoms with Crippen molar-refractivity contribution >= 4 is 33.5 Å². The van der Waals surface area contributed by atoms with Gasteiger partial charge in [0.25, 0.3) is 0 Å². The van der Waals surface area contributed by atoms with Gasteiger partial charge in [0.15, 0.2) is 5.82 Å².